The third-order valence-corrected chi connectivity index (χ3v) is 5.33. The summed E-state index contributed by atoms with van der Waals surface area (Å²) in [7, 11) is -3.45. The summed E-state index contributed by atoms with van der Waals surface area (Å²) in [5.74, 6) is -0.485. The van der Waals surface area contributed by atoms with Gasteiger partial charge >= 0.3 is 12.2 Å². The van der Waals surface area contributed by atoms with Crippen molar-refractivity contribution in [1.29, 1.82) is 0 Å². The topological polar surface area (TPSA) is 111 Å². The van der Waals surface area contributed by atoms with Crippen molar-refractivity contribution in [3.63, 3.8) is 0 Å². The fourth-order valence-corrected chi connectivity index (χ4v) is 3.57. The van der Waals surface area contributed by atoms with Crippen molar-refractivity contribution in [2.24, 2.45) is 0 Å². The van der Waals surface area contributed by atoms with Crippen LogP contribution in [0, 0.1) is 0 Å². The Hall–Kier alpha value is -2.29. The van der Waals surface area contributed by atoms with Crippen LogP contribution >= 0.6 is 0 Å². The number of amides is 2. The predicted octanol–water partition coefficient (Wildman–Crippen LogP) is 2.24. The minimum Gasteiger partial charge on any atom is -0.450 e. The second-order valence-corrected chi connectivity index (χ2v) is 8.37. The summed E-state index contributed by atoms with van der Waals surface area (Å²) in [6, 6.07) is 8.57. The lowest BCUT2D eigenvalue weighted by Gasteiger charge is -2.14. The van der Waals surface area contributed by atoms with Crippen LogP contribution in [0.5, 0.6) is 0 Å². The summed E-state index contributed by atoms with van der Waals surface area (Å²) >= 11 is 0. The first-order chi connectivity index (χ1) is 12.8. The van der Waals surface area contributed by atoms with Gasteiger partial charge in [-0.25, -0.2) is 18.0 Å². The third kappa shape index (κ3) is 11.1. The molecule has 0 aliphatic carbocycles. The second kappa shape index (κ2) is 12.2. The van der Waals surface area contributed by atoms with Gasteiger partial charge in [0.25, 0.3) is 0 Å². The molecule has 0 saturated heterocycles. The quantitative estimate of drug-likeness (QED) is 0.551. The minimum atomic E-state index is -3.45. The van der Waals surface area contributed by atoms with E-state index in [9.17, 15) is 18.0 Å². The van der Waals surface area contributed by atoms with E-state index >= 15 is 0 Å². The summed E-state index contributed by atoms with van der Waals surface area (Å²) in [6.07, 6.45) is 0.345. The second-order valence-electron chi connectivity index (χ2n) is 6.14. The van der Waals surface area contributed by atoms with Crippen molar-refractivity contribution >= 4 is 22.0 Å². The highest BCUT2D eigenvalue weighted by Gasteiger charge is 2.18. The molecule has 0 aliphatic heterocycles. The number of unbranched alkanes of at least 4 members (excludes halogenated alkanes) is 1. The molecule has 0 aliphatic rings. The number of carbonyl (C=O) groups is 2. The number of hydrogen-bond donors (Lipinski definition) is 2. The summed E-state index contributed by atoms with van der Waals surface area (Å²) in [6.45, 7) is 3.91. The van der Waals surface area contributed by atoms with Gasteiger partial charge in [-0.15, -0.1) is 0 Å². The fourth-order valence-electron chi connectivity index (χ4n) is 2.14. The average molecular weight is 400 g/mol. The molecule has 9 heteroatoms. The Morgan fingerprint density at radius 2 is 1.81 bits per heavy atom. The molecule has 27 heavy (non-hydrogen) atoms. The first-order valence-corrected chi connectivity index (χ1v) is 10.7. The molecule has 8 nitrogen and oxygen atoms in total. The summed E-state index contributed by atoms with van der Waals surface area (Å²) in [4.78, 5) is 23.1. The molecule has 1 atom stereocenters. The van der Waals surface area contributed by atoms with Gasteiger partial charge in [-0.05, 0) is 18.9 Å². The number of benzene rings is 1. The van der Waals surface area contributed by atoms with Gasteiger partial charge in [-0.2, -0.15) is 0 Å². The number of nitrogens with one attached hydrogen (secondary N) is 2. The highest BCUT2D eigenvalue weighted by molar-refractivity contribution is 7.91. The van der Waals surface area contributed by atoms with Crippen LogP contribution in [0.4, 0.5) is 9.59 Å². The average Bonchev–Trinajstić information content (AvgIpc) is 2.60. The highest BCUT2D eigenvalue weighted by Crippen LogP contribution is 2.01. The summed E-state index contributed by atoms with van der Waals surface area (Å²) < 4.78 is 34.0. The number of ether oxygens (including phenoxy) is 2. The zero-order valence-electron chi connectivity index (χ0n) is 15.8. The van der Waals surface area contributed by atoms with Crippen LogP contribution in [0.2, 0.25) is 0 Å². The van der Waals surface area contributed by atoms with E-state index in [0.717, 1.165) is 18.4 Å². The number of hydrogen-bond acceptors (Lipinski definition) is 6. The molecule has 0 aromatic heterocycles. The smallest absolute Gasteiger partial charge is 0.407 e. The van der Waals surface area contributed by atoms with Crippen molar-refractivity contribution in [1.82, 2.24) is 10.6 Å². The molecule has 2 N–H and O–H groups in total. The zero-order valence-corrected chi connectivity index (χ0v) is 16.6. The minimum absolute atomic E-state index is 0.0659. The van der Waals surface area contributed by atoms with Gasteiger partial charge in [0, 0.05) is 12.6 Å². The van der Waals surface area contributed by atoms with E-state index in [1.165, 1.54) is 0 Å². The molecule has 1 unspecified atom stereocenters. The number of alkyl carbamates (subject to hydrolysis) is 2. The van der Waals surface area contributed by atoms with Gasteiger partial charge in [0.2, 0.25) is 0 Å². The Kier molecular flexibility index (Phi) is 10.2. The van der Waals surface area contributed by atoms with Crippen LogP contribution in [0.1, 0.15) is 32.3 Å². The maximum absolute atomic E-state index is 12.1. The molecular weight excluding hydrogens is 372 g/mol. The molecule has 0 spiro atoms. The lowest BCUT2D eigenvalue weighted by molar-refractivity contribution is 0.140. The SMILES string of the molecule is CCCCOC(=O)NC(C)CS(=O)(=O)CCNC(=O)OCc1ccccc1. The Morgan fingerprint density at radius 3 is 2.48 bits per heavy atom. The van der Waals surface area contributed by atoms with Crippen molar-refractivity contribution in [2.75, 3.05) is 24.7 Å². The monoisotopic (exact) mass is 400 g/mol. The van der Waals surface area contributed by atoms with Crippen molar-refractivity contribution < 1.29 is 27.5 Å². The van der Waals surface area contributed by atoms with Crippen molar-refractivity contribution in [3.05, 3.63) is 35.9 Å². The Balaban J connectivity index is 2.23. The maximum atomic E-state index is 12.1. The Morgan fingerprint density at radius 1 is 1.11 bits per heavy atom. The largest absolute Gasteiger partial charge is 0.450 e. The van der Waals surface area contributed by atoms with Crippen LogP contribution in [0.15, 0.2) is 30.3 Å². The van der Waals surface area contributed by atoms with Gasteiger partial charge in [0.15, 0.2) is 9.84 Å². The predicted molar refractivity (Wildman–Crippen MR) is 102 cm³/mol. The van der Waals surface area contributed by atoms with E-state index in [0.29, 0.717) is 6.61 Å². The Labute approximate surface area is 160 Å². The zero-order chi connectivity index (χ0) is 20.1. The Bertz CT molecular complexity index is 678. The van der Waals surface area contributed by atoms with Crippen molar-refractivity contribution in [2.45, 2.75) is 39.3 Å². The van der Waals surface area contributed by atoms with Crippen LogP contribution in [0.25, 0.3) is 0 Å². The molecule has 0 bridgehead atoms. The van der Waals surface area contributed by atoms with Gasteiger partial charge in [-0.3, -0.25) is 0 Å². The molecule has 152 valence electrons. The summed E-state index contributed by atoms with van der Waals surface area (Å²) in [5.41, 5.74) is 0.839. The normalized spacial score (nSPS) is 12.1. The van der Waals surface area contributed by atoms with Gasteiger partial charge in [-0.1, -0.05) is 43.7 Å². The highest BCUT2D eigenvalue weighted by atomic mass is 32.2. The molecule has 1 rings (SSSR count). The van der Waals surface area contributed by atoms with E-state index in [4.69, 9.17) is 9.47 Å². The molecule has 0 fully saturated rings. The van der Waals surface area contributed by atoms with Gasteiger partial charge < -0.3 is 20.1 Å². The van der Waals surface area contributed by atoms with E-state index in [-0.39, 0.29) is 24.7 Å². The van der Waals surface area contributed by atoms with E-state index in [1.54, 1.807) is 6.92 Å². The fraction of sp³-hybridized carbons (Fsp3) is 0.556. The van der Waals surface area contributed by atoms with Crippen LogP contribution in [-0.4, -0.2) is 51.3 Å². The first kappa shape index (κ1) is 22.8. The van der Waals surface area contributed by atoms with Gasteiger partial charge in [0.05, 0.1) is 18.1 Å². The van der Waals surface area contributed by atoms with Crippen molar-refractivity contribution in [3.8, 4) is 0 Å². The van der Waals surface area contributed by atoms with Crippen LogP contribution in [-0.2, 0) is 25.9 Å². The number of sulfone groups is 1. The number of rotatable bonds is 11. The lowest BCUT2D eigenvalue weighted by atomic mass is 10.2. The third-order valence-electron chi connectivity index (χ3n) is 3.49. The molecule has 0 saturated carbocycles. The van der Waals surface area contributed by atoms with E-state index in [1.807, 2.05) is 37.3 Å². The lowest BCUT2D eigenvalue weighted by Crippen LogP contribution is -2.40. The molecule has 1 aromatic rings. The standard InChI is InChI=1S/C18H28N2O6S/c1-3-4-11-25-18(22)20-15(2)14-27(23,24)12-10-19-17(21)26-13-16-8-6-5-7-9-16/h5-9,15H,3-4,10-14H2,1-2H3,(H,19,21)(H,20,22). The van der Waals surface area contributed by atoms with Crippen LogP contribution in [0.3, 0.4) is 0 Å². The molecule has 2 amide bonds. The molecule has 0 radical (unpaired) electrons. The summed E-state index contributed by atoms with van der Waals surface area (Å²) in [5, 5.41) is 4.89. The molecule has 0 heterocycles. The molecular formula is C18H28N2O6S. The van der Waals surface area contributed by atoms with E-state index in [2.05, 4.69) is 10.6 Å². The first-order valence-electron chi connectivity index (χ1n) is 8.90. The van der Waals surface area contributed by atoms with Crippen LogP contribution < -0.4 is 10.6 Å². The maximum Gasteiger partial charge on any atom is 0.407 e. The van der Waals surface area contributed by atoms with Gasteiger partial charge in [0.1, 0.15) is 6.61 Å². The number of carbonyl (C=O) groups excluding carboxylic acids is 2. The van der Waals surface area contributed by atoms with E-state index < -0.39 is 28.1 Å². The molecule has 1 aromatic carbocycles.